The average Bonchev–Trinajstić information content (AvgIpc) is 3.61. The molecule has 224 valence electrons. The lowest BCUT2D eigenvalue weighted by molar-refractivity contribution is -0.142. The number of ether oxygens (including phenoxy) is 3. The van der Waals surface area contributed by atoms with Crippen LogP contribution in [0.1, 0.15) is 37.0 Å². The van der Waals surface area contributed by atoms with Gasteiger partial charge in [0.25, 0.3) is 5.56 Å². The molecule has 1 aliphatic rings. The quantitative estimate of drug-likeness (QED) is 0.255. The van der Waals surface area contributed by atoms with E-state index in [-0.39, 0.29) is 31.1 Å². The van der Waals surface area contributed by atoms with Crippen molar-refractivity contribution in [3.05, 3.63) is 68.4 Å². The van der Waals surface area contributed by atoms with Crippen LogP contribution in [0.3, 0.4) is 0 Å². The first kappa shape index (κ1) is 29.6. The highest BCUT2D eigenvalue weighted by atomic mass is 32.1. The van der Waals surface area contributed by atoms with E-state index >= 15 is 0 Å². The van der Waals surface area contributed by atoms with E-state index < -0.39 is 28.7 Å². The number of aryl methyl sites for hydroxylation is 1. The third-order valence-corrected chi connectivity index (χ3v) is 9.02. The van der Waals surface area contributed by atoms with Gasteiger partial charge in [0.1, 0.15) is 33.0 Å². The van der Waals surface area contributed by atoms with Crippen molar-refractivity contribution in [3.8, 4) is 10.8 Å². The van der Waals surface area contributed by atoms with Crippen LogP contribution >= 0.6 is 11.3 Å². The maximum atomic E-state index is 14.5. The van der Waals surface area contributed by atoms with Gasteiger partial charge in [-0.2, -0.15) is 10.2 Å². The normalized spacial score (nSPS) is 18.1. The zero-order valence-corrected chi connectivity index (χ0v) is 24.9. The Bertz CT molecular complexity index is 1730. The van der Waals surface area contributed by atoms with Crippen molar-refractivity contribution in [3.63, 3.8) is 0 Å². The first-order valence-corrected chi connectivity index (χ1v) is 14.3. The summed E-state index contributed by atoms with van der Waals surface area (Å²) in [5, 5.41) is 9.28. The fourth-order valence-corrected chi connectivity index (χ4v) is 6.79. The number of nitrogens with zero attached hydrogens (tertiary/aromatic N) is 6. The number of methoxy groups -OCH3 is 2. The smallest absolute Gasteiger partial charge is 0.333 e. The number of hydrogen-bond acceptors (Lipinski definition) is 9. The summed E-state index contributed by atoms with van der Waals surface area (Å²) >= 11 is 1.18. The van der Waals surface area contributed by atoms with Crippen LogP contribution in [0.2, 0.25) is 0 Å². The number of carbonyl (C=O) groups excluding carboxylic acids is 1. The Morgan fingerprint density at radius 1 is 1.14 bits per heavy atom. The summed E-state index contributed by atoms with van der Waals surface area (Å²) in [4.78, 5) is 45.4. The predicted octanol–water partition coefficient (Wildman–Crippen LogP) is 2.63. The molecule has 1 aromatic carbocycles. The second-order valence-corrected chi connectivity index (χ2v) is 11.4. The highest BCUT2D eigenvalue weighted by molar-refractivity contribution is 7.21. The Kier molecular flexibility index (Phi) is 8.30. The summed E-state index contributed by atoms with van der Waals surface area (Å²) in [7, 11) is 4.66. The van der Waals surface area contributed by atoms with Gasteiger partial charge in [-0.3, -0.25) is 14.2 Å². The number of rotatable bonds is 10. The van der Waals surface area contributed by atoms with Crippen LogP contribution in [0.4, 0.5) is 4.39 Å². The molecular formula is C28H33FN6O6S. The van der Waals surface area contributed by atoms with Gasteiger partial charge in [-0.05, 0) is 44.9 Å². The molecule has 3 aromatic heterocycles. The van der Waals surface area contributed by atoms with Crippen molar-refractivity contribution < 1.29 is 23.4 Å². The summed E-state index contributed by atoms with van der Waals surface area (Å²) in [6.45, 7) is 4.21. The van der Waals surface area contributed by atoms with E-state index in [1.165, 1.54) is 70.4 Å². The van der Waals surface area contributed by atoms with Crippen LogP contribution in [-0.2, 0) is 26.4 Å². The Balaban J connectivity index is 1.79. The van der Waals surface area contributed by atoms with Crippen LogP contribution < -0.4 is 16.0 Å². The van der Waals surface area contributed by atoms with E-state index in [0.717, 1.165) is 4.57 Å². The van der Waals surface area contributed by atoms with Gasteiger partial charge in [0.15, 0.2) is 0 Å². The molecule has 0 spiro atoms. The minimum atomic E-state index is -1.40. The standard InChI is InChI=1S/C28H33FN6O6S/c1-17-22-23(36)34(28(2)9-6-12-32(3)26(28)37)27(38)33(25(22)42-24(17)35-30-10-11-31-35)16-21(41-14-13-39-4)19-15-18(29)7-8-20(19)40-5/h7-8,10-11,15,21H,6,9,12-14,16H2,1-5H3. The Morgan fingerprint density at radius 2 is 1.88 bits per heavy atom. The fraction of sp³-hybridized carbons (Fsp3) is 0.464. The van der Waals surface area contributed by atoms with Gasteiger partial charge in [0.2, 0.25) is 5.91 Å². The largest absolute Gasteiger partial charge is 0.496 e. The van der Waals surface area contributed by atoms with Gasteiger partial charge in [0, 0.05) is 31.8 Å². The number of hydrogen-bond donors (Lipinski definition) is 0. The highest BCUT2D eigenvalue weighted by Gasteiger charge is 2.43. The highest BCUT2D eigenvalue weighted by Crippen LogP contribution is 2.35. The third kappa shape index (κ3) is 5.03. The average molecular weight is 601 g/mol. The van der Waals surface area contributed by atoms with Crippen molar-refractivity contribution in [2.75, 3.05) is 41.0 Å². The van der Waals surface area contributed by atoms with Crippen molar-refractivity contribution in [1.82, 2.24) is 29.0 Å². The van der Waals surface area contributed by atoms with Crippen molar-refractivity contribution in [2.45, 2.75) is 44.9 Å². The van der Waals surface area contributed by atoms with Crippen molar-refractivity contribution in [1.29, 1.82) is 0 Å². The number of likely N-dealkylation sites (tertiary alicyclic amines) is 1. The summed E-state index contributed by atoms with van der Waals surface area (Å²) < 4.78 is 33.8. The number of aromatic nitrogens is 5. The van der Waals surface area contributed by atoms with Crippen LogP contribution in [0.15, 0.2) is 40.2 Å². The van der Waals surface area contributed by atoms with Crippen molar-refractivity contribution >= 4 is 27.5 Å². The van der Waals surface area contributed by atoms with Gasteiger partial charge in [-0.1, -0.05) is 11.3 Å². The number of amides is 1. The fourth-order valence-electron chi connectivity index (χ4n) is 5.57. The number of piperidine rings is 1. The Hall–Kier alpha value is -3.88. The number of likely N-dealkylation sites (N-methyl/N-ethyl adjacent to an activating group) is 1. The Labute approximate surface area is 244 Å². The van der Waals surface area contributed by atoms with E-state index in [0.29, 0.717) is 46.1 Å². The lowest BCUT2D eigenvalue weighted by Gasteiger charge is -2.38. The first-order valence-electron chi connectivity index (χ1n) is 13.5. The van der Waals surface area contributed by atoms with Gasteiger partial charge >= 0.3 is 5.69 Å². The van der Waals surface area contributed by atoms with Gasteiger partial charge in [0.05, 0.1) is 44.6 Å². The van der Waals surface area contributed by atoms with E-state index in [1.807, 2.05) is 0 Å². The monoisotopic (exact) mass is 600 g/mol. The number of thiophene rings is 1. The number of benzene rings is 1. The molecule has 4 heterocycles. The minimum absolute atomic E-state index is 0.106. The SMILES string of the molecule is COCCOC(Cn1c(=O)n(C2(C)CCCN(C)C2=O)c(=O)c2c(C)c(-n3nccn3)sc21)c1cc(F)ccc1OC. The molecule has 2 unspecified atom stereocenters. The lowest BCUT2D eigenvalue weighted by Crippen LogP contribution is -2.59. The molecule has 2 atom stereocenters. The van der Waals surface area contributed by atoms with Gasteiger partial charge < -0.3 is 19.1 Å². The minimum Gasteiger partial charge on any atom is -0.496 e. The molecule has 1 aliphatic heterocycles. The second kappa shape index (κ2) is 11.8. The van der Waals surface area contributed by atoms with E-state index in [4.69, 9.17) is 14.2 Å². The molecule has 14 heteroatoms. The molecule has 0 N–H and O–H groups in total. The molecule has 1 amide bonds. The molecular weight excluding hydrogens is 567 g/mol. The van der Waals surface area contributed by atoms with Gasteiger partial charge in [-0.25, -0.2) is 13.8 Å². The van der Waals surface area contributed by atoms with Crippen LogP contribution in [0, 0.1) is 12.7 Å². The van der Waals surface area contributed by atoms with Crippen LogP contribution in [0.5, 0.6) is 5.75 Å². The molecule has 12 nitrogen and oxygen atoms in total. The number of fused-ring (bicyclic) bond motifs is 1. The van der Waals surface area contributed by atoms with Crippen LogP contribution in [0.25, 0.3) is 15.2 Å². The predicted molar refractivity (Wildman–Crippen MR) is 154 cm³/mol. The topological polar surface area (TPSA) is 123 Å². The molecule has 0 bridgehead atoms. The number of carbonyl (C=O) groups is 1. The third-order valence-electron chi connectivity index (χ3n) is 7.74. The molecule has 42 heavy (non-hydrogen) atoms. The summed E-state index contributed by atoms with van der Waals surface area (Å²) in [6.07, 6.45) is 3.10. The number of halogens is 1. The van der Waals surface area contributed by atoms with E-state index in [1.54, 1.807) is 20.9 Å². The lowest BCUT2D eigenvalue weighted by atomic mass is 9.89. The maximum Gasteiger partial charge on any atom is 0.333 e. The molecule has 5 rings (SSSR count). The van der Waals surface area contributed by atoms with Gasteiger partial charge in [-0.15, -0.1) is 4.80 Å². The zero-order valence-electron chi connectivity index (χ0n) is 24.1. The molecule has 4 aromatic rings. The molecule has 0 saturated carbocycles. The van der Waals surface area contributed by atoms with Crippen LogP contribution in [-0.4, -0.2) is 76.0 Å². The summed E-state index contributed by atoms with van der Waals surface area (Å²) in [5.74, 6) is -0.451. The molecule has 0 radical (unpaired) electrons. The maximum absolute atomic E-state index is 14.5. The van der Waals surface area contributed by atoms with E-state index in [2.05, 4.69) is 10.2 Å². The Morgan fingerprint density at radius 3 is 2.57 bits per heavy atom. The summed E-state index contributed by atoms with van der Waals surface area (Å²) in [5.41, 5.74) is -1.69. The van der Waals surface area contributed by atoms with Crippen molar-refractivity contribution in [2.24, 2.45) is 0 Å². The first-order chi connectivity index (χ1) is 20.1. The second-order valence-electron chi connectivity index (χ2n) is 10.4. The zero-order chi connectivity index (χ0) is 30.2. The summed E-state index contributed by atoms with van der Waals surface area (Å²) in [6, 6.07) is 4.07. The molecule has 1 fully saturated rings. The molecule has 0 aliphatic carbocycles. The van der Waals surface area contributed by atoms with E-state index in [9.17, 15) is 18.8 Å². The molecule has 1 saturated heterocycles.